The molecule has 4 rings (SSSR count). The average Bonchev–Trinajstić information content (AvgIpc) is 3.10. The number of carbonyl (C=O) groups excluding carboxylic acids is 1. The highest BCUT2D eigenvalue weighted by atomic mass is 16.2. The van der Waals surface area contributed by atoms with E-state index in [2.05, 4.69) is 56.4 Å². The number of aryl methyl sites for hydroxylation is 1. The van der Waals surface area contributed by atoms with Crippen LogP contribution in [0.5, 0.6) is 0 Å². The van der Waals surface area contributed by atoms with Gasteiger partial charge < -0.3 is 14.7 Å². The third-order valence-corrected chi connectivity index (χ3v) is 6.22. The van der Waals surface area contributed by atoms with E-state index in [1.807, 2.05) is 11.0 Å². The number of nitrogens with zero attached hydrogens (tertiary/aromatic N) is 5. The number of hydrogen-bond acceptors (Lipinski definition) is 5. The Balaban J connectivity index is 1.22. The van der Waals surface area contributed by atoms with E-state index in [0.717, 1.165) is 63.7 Å². The predicted octanol–water partition coefficient (Wildman–Crippen LogP) is 3.53. The predicted molar refractivity (Wildman–Crippen MR) is 121 cm³/mol. The molecule has 2 saturated heterocycles. The number of benzene rings is 1. The Bertz CT molecular complexity index is 779. The summed E-state index contributed by atoms with van der Waals surface area (Å²) in [6.07, 6.45) is 7.61. The van der Waals surface area contributed by atoms with Gasteiger partial charge in [0.05, 0.1) is 0 Å². The van der Waals surface area contributed by atoms with E-state index in [1.54, 1.807) is 0 Å². The van der Waals surface area contributed by atoms with Gasteiger partial charge in [-0.05, 0) is 43.4 Å². The molecule has 2 aliphatic rings. The van der Waals surface area contributed by atoms with Gasteiger partial charge in [-0.1, -0.05) is 43.2 Å². The van der Waals surface area contributed by atoms with Crippen LogP contribution >= 0.6 is 0 Å². The zero-order valence-electron chi connectivity index (χ0n) is 17.9. The first-order valence-corrected chi connectivity index (χ1v) is 11.4. The van der Waals surface area contributed by atoms with Gasteiger partial charge in [0.2, 0.25) is 5.91 Å². The third-order valence-electron chi connectivity index (χ3n) is 6.22. The fourth-order valence-corrected chi connectivity index (χ4v) is 4.39. The van der Waals surface area contributed by atoms with Crippen LogP contribution in [0.2, 0.25) is 0 Å². The highest BCUT2D eigenvalue weighted by molar-refractivity contribution is 5.76. The van der Waals surface area contributed by atoms with E-state index in [4.69, 9.17) is 0 Å². The van der Waals surface area contributed by atoms with Crippen LogP contribution in [0.1, 0.15) is 44.1 Å². The first-order chi connectivity index (χ1) is 14.8. The molecule has 1 amide bonds. The van der Waals surface area contributed by atoms with Crippen LogP contribution in [0.25, 0.3) is 0 Å². The molecule has 0 spiro atoms. The number of piperazine rings is 1. The molecule has 0 unspecified atom stereocenters. The van der Waals surface area contributed by atoms with Gasteiger partial charge in [-0.2, -0.15) is 0 Å². The van der Waals surface area contributed by atoms with Crippen LogP contribution in [-0.2, 0) is 11.2 Å². The summed E-state index contributed by atoms with van der Waals surface area (Å²) in [6, 6.07) is 14.6. The second-order valence-corrected chi connectivity index (χ2v) is 8.36. The van der Waals surface area contributed by atoms with Gasteiger partial charge in [-0.15, -0.1) is 10.2 Å². The molecule has 3 heterocycles. The number of rotatable bonds is 6. The molecule has 6 nitrogen and oxygen atoms in total. The van der Waals surface area contributed by atoms with Crippen molar-refractivity contribution in [2.45, 2.75) is 44.9 Å². The van der Waals surface area contributed by atoms with E-state index in [9.17, 15) is 4.79 Å². The summed E-state index contributed by atoms with van der Waals surface area (Å²) < 4.78 is 0. The van der Waals surface area contributed by atoms with Crippen molar-refractivity contribution in [1.29, 1.82) is 0 Å². The van der Waals surface area contributed by atoms with Crippen molar-refractivity contribution in [2.24, 2.45) is 0 Å². The quantitative estimate of drug-likeness (QED) is 0.733. The molecular formula is C24H33N5O. The molecule has 6 heteroatoms. The van der Waals surface area contributed by atoms with Crippen molar-refractivity contribution in [3.05, 3.63) is 48.0 Å². The summed E-state index contributed by atoms with van der Waals surface area (Å²) >= 11 is 0. The fraction of sp³-hybridized carbons (Fsp3) is 0.542. The minimum Gasteiger partial charge on any atom is -0.355 e. The van der Waals surface area contributed by atoms with Crippen LogP contribution in [0.3, 0.4) is 0 Å². The molecule has 0 N–H and O–H groups in total. The Kier molecular flexibility index (Phi) is 7.16. The molecule has 0 radical (unpaired) electrons. The summed E-state index contributed by atoms with van der Waals surface area (Å²) in [6.45, 7) is 5.34. The maximum atomic E-state index is 12.6. The fourth-order valence-electron chi connectivity index (χ4n) is 4.39. The summed E-state index contributed by atoms with van der Waals surface area (Å²) in [5.74, 6) is 2.19. The van der Waals surface area contributed by atoms with Gasteiger partial charge in [0.25, 0.3) is 0 Å². The van der Waals surface area contributed by atoms with E-state index in [1.165, 1.54) is 31.2 Å². The van der Waals surface area contributed by atoms with Gasteiger partial charge in [-0.3, -0.25) is 4.79 Å². The van der Waals surface area contributed by atoms with Crippen LogP contribution in [0, 0.1) is 0 Å². The Hall–Kier alpha value is -2.63. The van der Waals surface area contributed by atoms with Crippen molar-refractivity contribution in [3.8, 4) is 0 Å². The molecular weight excluding hydrogens is 374 g/mol. The number of hydrogen-bond donors (Lipinski definition) is 0. The maximum Gasteiger partial charge on any atom is 0.222 e. The van der Waals surface area contributed by atoms with Gasteiger partial charge in [0, 0.05) is 45.7 Å². The summed E-state index contributed by atoms with van der Waals surface area (Å²) in [5, 5.41) is 8.99. The molecule has 0 aliphatic carbocycles. The van der Waals surface area contributed by atoms with Crippen molar-refractivity contribution >= 4 is 17.5 Å². The lowest BCUT2D eigenvalue weighted by Gasteiger charge is -2.35. The second kappa shape index (κ2) is 10.4. The zero-order valence-corrected chi connectivity index (χ0v) is 17.9. The van der Waals surface area contributed by atoms with Crippen molar-refractivity contribution in [3.63, 3.8) is 0 Å². The average molecular weight is 408 g/mol. The van der Waals surface area contributed by atoms with Gasteiger partial charge in [0.1, 0.15) is 0 Å². The molecule has 0 bridgehead atoms. The van der Waals surface area contributed by atoms with Crippen LogP contribution in [-0.4, -0.2) is 60.3 Å². The van der Waals surface area contributed by atoms with E-state index < -0.39 is 0 Å². The molecule has 1 aromatic carbocycles. The van der Waals surface area contributed by atoms with Crippen LogP contribution in [0.4, 0.5) is 11.6 Å². The van der Waals surface area contributed by atoms with E-state index >= 15 is 0 Å². The largest absolute Gasteiger partial charge is 0.355 e. The van der Waals surface area contributed by atoms with Crippen molar-refractivity contribution < 1.29 is 4.79 Å². The molecule has 30 heavy (non-hydrogen) atoms. The minimum absolute atomic E-state index is 0.271. The molecule has 1 aromatic heterocycles. The van der Waals surface area contributed by atoms with Gasteiger partial charge >= 0.3 is 0 Å². The first kappa shape index (κ1) is 20.6. The normalized spacial score (nSPS) is 17.7. The van der Waals surface area contributed by atoms with Gasteiger partial charge in [-0.25, -0.2) is 0 Å². The lowest BCUT2D eigenvalue weighted by Crippen LogP contribution is -2.49. The smallest absolute Gasteiger partial charge is 0.222 e. The van der Waals surface area contributed by atoms with E-state index in [-0.39, 0.29) is 5.91 Å². The topological polar surface area (TPSA) is 52.6 Å². The summed E-state index contributed by atoms with van der Waals surface area (Å²) in [5.41, 5.74) is 1.30. The summed E-state index contributed by atoms with van der Waals surface area (Å²) in [4.78, 5) is 19.2. The van der Waals surface area contributed by atoms with Crippen LogP contribution in [0.15, 0.2) is 42.5 Å². The Morgan fingerprint density at radius 3 is 1.93 bits per heavy atom. The number of amides is 1. The van der Waals surface area contributed by atoms with Gasteiger partial charge in [0.15, 0.2) is 11.6 Å². The number of anilines is 2. The second-order valence-electron chi connectivity index (χ2n) is 8.36. The molecule has 2 aliphatic heterocycles. The highest BCUT2D eigenvalue weighted by Gasteiger charge is 2.22. The Morgan fingerprint density at radius 2 is 1.33 bits per heavy atom. The van der Waals surface area contributed by atoms with Crippen LogP contribution < -0.4 is 9.80 Å². The Labute approximate surface area is 179 Å². The number of carbonyl (C=O) groups is 1. The molecule has 2 aromatic rings. The standard InChI is InChI=1S/C24H33N5O/c30-24(12-8-11-21-9-4-3-5-10-21)29-19-17-28(18-20-29)23-14-13-22(25-26-23)27-15-6-1-2-7-16-27/h3-5,9-10,13-14H,1-2,6-8,11-12,15-20H2. The Morgan fingerprint density at radius 1 is 0.733 bits per heavy atom. The molecule has 0 saturated carbocycles. The van der Waals surface area contributed by atoms with E-state index in [0.29, 0.717) is 6.42 Å². The highest BCUT2D eigenvalue weighted by Crippen LogP contribution is 2.20. The summed E-state index contributed by atoms with van der Waals surface area (Å²) in [7, 11) is 0. The molecule has 0 atom stereocenters. The monoisotopic (exact) mass is 407 g/mol. The third kappa shape index (κ3) is 5.49. The van der Waals surface area contributed by atoms with Crippen molar-refractivity contribution in [1.82, 2.24) is 15.1 Å². The number of aromatic nitrogens is 2. The first-order valence-electron chi connectivity index (χ1n) is 11.4. The maximum absolute atomic E-state index is 12.6. The zero-order chi connectivity index (χ0) is 20.6. The lowest BCUT2D eigenvalue weighted by atomic mass is 10.1. The minimum atomic E-state index is 0.271. The molecule has 160 valence electrons. The van der Waals surface area contributed by atoms with Crippen molar-refractivity contribution in [2.75, 3.05) is 49.1 Å². The molecule has 2 fully saturated rings. The lowest BCUT2D eigenvalue weighted by molar-refractivity contribution is -0.131. The SMILES string of the molecule is O=C(CCCc1ccccc1)N1CCN(c2ccc(N3CCCCCC3)nn2)CC1.